The Morgan fingerprint density at radius 3 is 2.92 bits per heavy atom. The minimum Gasteiger partial charge on any atom is -0.325 e. The van der Waals surface area contributed by atoms with Gasteiger partial charge >= 0.3 is 0 Å². The quantitative estimate of drug-likeness (QED) is 0.797. The smallest absolute Gasteiger partial charge is 0.269 e. The normalized spacial score (nSPS) is 17.4. The summed E-state index contributed by atoms with van der Waals surface area (Å²) in [6, 6.07) is 0. The molecular weight excluding hydrogens is 220 g/mol. The van der Waals surface area contributed by atoms with Crippen molar-refractivity contribution in [1.82, 2.24) is 9.97 Å². The second-order valence-corrected chi connectivity index (χ2v) is 3.88. The van der Waals surface area contributed by atoms with Crippen LogP contribution in [-0.2, 0) is 0 Å². The number of nitrogens with zero attached hydrogens (tertiary/aromatic N) is 1. The number of H-pyrrole nitrogens is 1. The number of hydrogen-bond acceptors (Lipinski definition) is 2. The van der Waals surface area contributed by atoms with Crippen molar-refractivity contribution in [3.63, 3.8) is 0 Å². The van der Waals surface area contributed by atoms with Gasteiger partial charge in [-0.3, -0.25) is 4.79 Å². The molecule has 0 aromatic carbocycles. The zero-order chi connectivity index (χ0) is 8.55. The van der Waals surface area contributed by atoms with Gasteiger partial charge in [-0.2, -0.15) is 0 Å². The Morgan fingerprint density at radius 1 is 1.58 bits per heavy atom. The Balaban J connectivity index is 2.40. The Hall–Kier alpha value is -0.640. The van der Waals surface area contributed by atoms with E-state index in [9.17, 15) is 4.79 Å². The van der Waals surface area contributed by atoms with Crippen molar-refractivity contribution in [1.29, 1.82) is 0 Å². The molecule has 0 saturated heterocycles. The first-order chi connectivity index (χ1) is 5.77. The zero-order valence-electron chi connectivity index (χ0n) is 6.51. The van der Waals surface area contributed by atoms with E-state index in [0.717, 1.165) is 12.8 Å². The first-order valence-corrected chi connectivity index (χ1v) is 4.82. The second kappa shape index (κ2) is 3.01. The van der Waals surface area contributed by atoms with Crippen LogP contribution in [0, 0.1) is 0 Å². The predicted molar refractivity (Wildman–Crippen MR) is 49.1 cm³/mol. The highest BCUT2D eigenvalue weighted by atomic mass is 79.9. The van der Waals surface area contributed by atoms with Crippen LogP contribution < -0.4 is 5.56 Å². The van der Waals surface area contributed by atoms with Crippen molar-refractivity contribution in [3.05, 3.63) is 26.8 Å². The van der Waals surface area contributed by atoms with Crippen molar-refractivity contribution in [2.24, 2.45) is 0 Å². The van der Waals surface area contributed by atoms with Crippen molar-refractivity contribution >= 4 is 15.9 Å². The molecule has 0 radical (unpaired) electrons. The maximum Gasteiger partial charge on any atom is 0.269 e. The van der Waals surface area contributed by atoms with Gasteiger partial charge in [0.15, 0.2) is 0 Å². The van der Waals surface area contributed by atoms with Crippen LogP contribution in [0.2, 0.25) is 0 Å². The summed E-state index contributed by atoms with van der Waals surface area (Å²) in [4.78, 5) is 18.1. The fourth-order valence-corrected chi connectivity index (χ4v) is 1.66. The lowest BCUT2D eigenvalue weighted by molar-refractivity contribution is 0.407. The first kappa shape index (κ1) is 7.98. The van der Waals surface area contributed by atoms with Gasteiger partial charge in [0.2, 0.25) is 0 Å². The highest BCUT2D eigenvalue weighted by molar-refractivity contribution is 9.10. The first-order valence-electron chi connectivity index (χ1n) is 4.02. The van der Waals surface area contributed by atoms with Gasteiger partial charge in [-0.15, -0.1) is 0 Å². The molecule has 12 heavy (non-hydrogen) atoms. The molecule has 3 nitrogen and oxygen atoms in total. The standard InChI is InChI=1S/C8H9BrN2O/c9-6-4-10-8(12)7(11-6)5-2-1-3-5/h4-5H,1-3H2,(H,10,12). The lowest BCUT2D eigenvalue weighted by atomic mass is 9.83. The highest BCUT2D eigenvalue weighted by Crippen LogP contribution is 2.33. The van der Waals surface area contributed by atoms with Crippen LogP contribution in [0.1, 0.15) is 30.9 Å². The van der Waals surface area contributed by atoms with E-state index >= 15 is 0 Å². The van der Waals surface area contributed by atoms with Crippen molar-refractivity contribution < 1.29 is 0 Å². The van der Waals surface area contributed by atoms with Gasteiger partial charge in [0.1, 0.15) is 10.3 Å². The molecule has 0 atom stereocenters. The molecule has 64 valence electrons. The van der Waals surface area contributed by atoms with Gasteiger partial charge in [0.05, 0.1) is 0 Å². The van der Waals surface area contributed by atoms with E-state index in [4.69, 9.17) is 0 Å². The van der Waals surface area contributed by atoms with Crippen LogP contribution >= 0.6 is 15.9 Å². The molecule has 1 aromatic rings. The number of aromatic nitrogens is 2. The molecule has 1 aromatic heterocycles. The van der Waals surface area contributed by atoms with Crippen LogP contribution in [0.3, 0.4) is 0 Å². The van der Waals surface area contributed by atoms with Gasteiger partial charge in [-0.05, 0) is 28.8 Å². The van der Waals surface area contributed by atoms with E-state index in [2.05, 4.69) is 25.9 Å². The van der Waals surface area contributed by atoms with E-state index in [0.29, 0.717) is 16.2 Å². The van der Waals surface area contributed by atoms with E-state index in [1.54, 1.807) is 6.20 Å². The topological polar surface area (TPSA) is 45.8 Å². The molecule has 2 rings (SSSR count). The molecule has 1 aliphatic rings. The van der Waals surface area contributed by atoms with Crippen LogP contribution in [0.5, 0.6) is 0 Å². The van der Waals surface area contributed by atoms with E-state index < -0.39 is 0 Å². The minimum absolute atomic E-state index is 0.0390. The monoisotopic (exact) mass is 228 g/mol. The number of aromatic amines is 1. The maximum atomic E-state index is 11.3. The molecule has 1 heterocycles. The van der Waals surface area contributed by atoms with Gasteiger partial charge in [-0.25, -0.2) is 4.98 Å². The Kier molecular flexibility index (Phi) is 2.00. The highest BCUT2D eigenvalue weighted by Gasteiger charge is 2.23. The fraction of sp³-hybridized carbons (Fsp3) is 0.500. The van der Waals surface area contributed by atoms with Crippen LogP contribution in [-0.4, -0.2) is 9.97 Å². The molecule has 1 N–H and O–H groups in total. The summed E-state index contributed by atoms with van der Waals surface area (Å²) in [6.07, 6.45) is 5.00. The van der Waals surface area contributed by atoms with Gasteiger partial charge in [0.25, 0.3) is 5.56 Å². The fourth-order valence-electron chi connectivity index (χ4n) is 1.36. The van der Waals surface area contributed by atoms with Crippen LogP contribution in [0.15, 0.2) is 15.6 Å². The summed E-state index contributed by atoms with van der Waals surface area (Å²) in [5, 5.41) is 0. The summed E-state index contributed by atoms with van der Waals surface area (Å²) in [5.74, 6) is 0.395. The Morgan fingerprint density at radius 2 is 2.33 bits per heavy atom. The Bertz CT molecular complexity index is 343. The molecule has 0 amide bonds. The number of rotatable bonds is 1. The number of halogens is 1. The minimum atomic E-state index is -0.0390. The summed E-state index contributed by atoms with van der Waals surface area (Å²) in [7, 11) is 0. The van der Waals surface area contributed by atoms with E-state index in [1.165, 1.54) is 6.42 Å². The molecule has 1 fully saturated rings. The Labute approximate surface area is 78.4 Å². The molecule has 0 bridgehead atoms. The largest absolute Gasteiger partial charge is 0.325 e. The lowest BCUT2D eigenvalue weighted by Gasteiger charge is -2.23. The lowest BCUT2D eigenvalue weighted by Crippen LogP contribution is -2.22. The van der Waals surface area contributed by atoms with Crippen LogP contribution in [0.4, 0.5) is 0 Å². The SMILES string of the molecule is O=c1[nH]cc(Br)nc1C1CCC1. The van der Waals surface area contributed by atoms with Crippen LogP contribution in [0.25, 0.3) is 0 Å². The maximum absolute atomic E-state index is 11.3. The molecule has 0 aliphatic heterocycles. The average Bonchev–Trinajstić information content (AvgIpc) is 1.93. The molecule has 4 heteroatoms. The zero-order valence-corrected chi connectivity index (χ0v) is 8.10. The molecule has 0 spiro atoms. The summed E-state index contributed by atoms with van der Waals surface area (Å²) < 4.78 is 0.712. The summed E-state index contributed by atoms with van der Waals surface area (Å²) in [6.45, 7) is 0. The summed E-state index contributed by atoms with van der Waals surface area (Å²) >= 11 is 3.24. The van der Waals surface area contributed by atoms with Gasteiger partial charge in [0, 0.05) is 12.1 Å². The average molecular weight is 229 g/mol. The molecular formula is C8H9BrN2O. The third-order valence-electron chi connectivity index (χ3n) is 2.27. The van der Waals surface area contributed by atoms with Crippen molar-refractivity contribution in [3.8, 4) is 0 Å². The van der Waals surface area contributed by atoms with E-state index in [-0.39, 0.29) is 5.56 Å². The summed E-state index contributed by atoms with van der Waals surface area (Å²) in [5.41, 5.74) is 0.651. The number of hydrogen-bond donors (Lipinski definition) is 1. The second-order valence-electron chi connectivity index (χ2n) is 3.07. The molecule has 0 unspecified atom stereocenters. The molecule has 1 aliphatic carbocycles. The van der Waals surface area contributed by atoms with Crippen molar-refractivity contribution in [2.75, 3.05) is 0 Å². The third-order valence-corrected chi connectivity index (χ3v) is 2.68. The number of nitrogens with one attached hydrogen (secondary N) is 1. The van der Waals surface area contributed by atoms with E-state index in [1.807, 2.05) is 0 Å². The third kappa shape index (κ3) is 1.31. The van der Waals surface area contributed by atoms with Gasteiger partial charge in [-0.1, -0.05) is 6.42 Å². The van der Waals surface area contributed by atoms with Crippen molar-refractivity contribution in [2.45, 2.75) is 25.2 Å². The molecule has 1 saturated carbocycles. The van der Waals surface area contributed by atoms with Gasteiger partial charge < -0.3 is 4.98 Å². The predicted octanol–water partition coefficient (Wildman–Crippen LogP) is 1.80.